The molecule has 6 heteroatoms. The van der Waals surface area contributed by atoms with Crippen LogP contribution in [0, 0.1) is 0 Å². The van der Waals surface area contributed by atoms with Gasteiger partial charge in [0.25, 0.3) is 5.56 Å². The van der Waals surface area contributed by atoms with Crippen LogP contribution >= 0.6 is 23.1 Å². The molecule has 0 radical (unpaired) electrons. The minimum Gasteiger partial charge on any atom is -0.396 e. The largest absolute Gasteiger partial charge is 0.396 e. The summed E-state index contributed by atoms with van der Waals surface area (Å²) in [6.45, 7) is 0.0638. The number of hydrogen-bond donors (Lipinski definition) is 1. The fourth-order valence-corrected chi connectivity index (χ4v) is 5.46. The van der Waals surface area contributed by atoms with Crippen LogP contribution in [-0.4, -0.2) is 27.0 Å². The van der Waals surface area contributed by atoms with Crippen LogP contribution in [0.1, 0.15) is 29.7 Å². The van der Waals surface area contributed by atoms with Gasteiger partial charge in [-0.05, 0) is 43.4 Å². The van der Waals surface area contributed by atoms with Gasteiger partial charge in [0, 0.05) is 10.6 Å². The third-order valence-corrected chi connectivity index (χ3v) is 6.65. The van der Waals surface area contributed by atoms with E-state index in [0.717, 1.165) is 35.2 Å². The van der Waals surface area contributed by atoms with E-state index in [1.807, 2.05) is 30.3 Å². The van der Waals surface area contributed by atoms with Crippen molar-refractivity contribution in [1.29, 1.82) is 0 Å². The molecule has 0 aliphatic heterocycles. The van der Waals surface area contributed by atoms with Crippen LogP contribution in [0.15, 0.2) is 40.3 Å². The van der Waals surface area contributed by atoms with Crippen LogP contribution in [0.25, 0.3) is 15.9 Å². The highest BCUT2D eigenvalue weighted by Gasteiger charge is 2.22. The highest BCUT2D eigenvalue weighted by Crippen LogP contribution is 2.34. The normalized spacial score (nSPS) is 14.4. The number of aliphatic hydroxyl groups is 1. The number of aliphatic hydroxyl groups excluding tert-OH is 1. The molecular formula is C19H20N2O2S2. The number of hydrogen-bond acceptors (Lipinski definition) is 5. The van der Waals surface area contributed by atoms with Crippen molar-refractivity contribution in [3.05, 3.63) is 51.1 Å². The van der Waals surface area contributed by atoms with Gasteiger partial charge in [-0.2, -0.15) is 0 Å². The first-order valence-corrected chi connectivity index (χ1v) is 10.5. The van der Waals surface area contributed by atoms with Crippen LogP contribution in [0.5, 0.6) is 0 Å². The highest BCUT2D eigenvalue weighted by atomic mass is 32.2. The summed E-state index contributed by atoms with van der Waals surface area (Å²) in [4.78, 5) is 20.4. The molecule has 130 valence electrons. The van der Waals surface area contributed by atoms with Crippen molar-refractivity contribution in [2.24, 2.45) is 0 Å². The molecule has 0 unspecified atom stereocenters. The molecule has 2 heterocycles. The second-order valence-electron chi connectivity index (χ2n) is 6.19. The molecule has 4 rings (SSSR count). The van der Waals surface area contributed by atoms with Gasteiger partial charge in [0.2, 0.25) is 0 Å². The number of aromatic nitrogens is 2. The van der Waals surface area contributed by atoms with Crippen molar-refractivity contribution in [3.63, 3.8) is 0 Å². The number of fused-ring (bicyclic) bond motifs is 3. The van der Waals surface area contributed by atoms with Gasteiger partial charge in [-0.1, -0.05) is 36.4 Å². The third-order valence-electron chi connectivity index (χ3n) is 4.54. The van der Waals surface area contributed by atoms with Gasteiger partial charge in [0.1, 0.15) is 4.83 Å². The topological polar surface area (TPSA) is 55.1 Å². The fraction of sp³-hybridized carbons (Fsp3) is 0.368. The lowest BCUT2D eigenvalue weighted by Crippen LogP contribution is -2.22. The van der Waals surface area contributed by atoms with Crippen molar-refractivity contribution < 1.29 is 5.11 Å². The Kier molecular flexibility index (Phi) is 4.92. The summed E-state index contributed by atoms with van der Waals surface area (Å²) in [5, 5.41) is 10.7. The molecule has 0 amide bonds. The Bertz CT molecular complexity index is 947. The molecule has 1 N–H and O–H groups in total. The van der Waals surface area contributed by atoms with E-state index in [1.165, 1.54) is 35.0 Å². The van der Waals surface area contributed by atoms with Crippen LogP contribution < -0.4 is 5.56 Å². The average molecular weight is 373 g/mol. The summed E-state index contributed by atoms with van der Waals surface area (Å²) < 4.78 is 1.71. The lowest BCUT2D eigenvalue weighted by molar-refractivity contribution is 0.322. The van der Waals surface area contributed by atoms with Crippen molar-refractivity contribution >= 4 is 33.3 Å². The Labute approximate surface area is 154 Å². The molecule has 0 spiro atoms. The van der Waals surface area contributed by atoms with Crippen molar-refractivity contribution in [2.75, 3.05) is 12.4 Å². The van der Waals surface area contributed by atoms with E-state index in [-0.39, 0.29) is 12.2 Å². The number of thiophene rings is 1. The summed E-state index contributed by atoms with van der Waals surface area (Å²) in [5.74, 6) is 0.524. The molecule has 4 nitrogen and oxygen atoms in total. The van der Waals surface area contributed by atoms with Gasteiger partial charge >= 0.3 is 0 Å². The number of thioether (sulfide) groups is 1. The summed E-state index contributed by atoms with van der Waals surface area (Å²) in [6, 6.07) is 9.67. The molecule has 1 aliphatic rings. The van der Waals surface area contributed by atoms with Gasteiger partial charge in [0.05, 0.1) is 17.7 Å². The zero-order chi connectivity index (χ0) is 17.2. The van der Waals surface area contributed by atoms with Crippen LogP contribution in [0.4, 0.5) is 0 Å². The van der Waals surface area contributed by atoms with E-state index in [4.69, 9.17) is 4.98 Å². The molecule has 1 aromatic carbocycles. The molecule has 1 aliphatic carbocycles. The smallest absolute Gasteiger partial charge is 0.267 e. The van der Waals surface area contributed by atoms with Gasteiger partial charge in [-0.3, -0.25) is 9.36 Å². The maximum atomic E-state index is 13.4. The van der Waals surface area contributed by atoms with Crippen molar-refractivity contribution in [1.82, 2.24) is 9.55 Å². The Balaban J connectivity index is 1.98. The SMILES string of the molecule is O=c1c2c3c(sc2nc(SCCO)n1-c1ccccc1)CCCCC3. The van der Waals surface area contributed by atoms with E-state index in [0.29, 0.717) is 10.9 Å². The number of nitrogens with zero attached hydrogens (tertiary/aromatic N) is 2. The predicted octanol–water partition coefficient (Wildman–Crippen LogP) is 3.80. The third kappa shape index (κ3) is 3.14. The van der Waals surface area contributed by atoms with E-state index < -0.39 is 0 Å². The second-order valence-corrected chi connectivity index (χ2v) is 8.33. The van der Waals surface area contributed by atoms with Crippen molar-refractivity contribution in [2.45, 2.75) is 37.3 Å². The van der Waals surface area contributed by atoms with E-state index in [2.05, 4.69) is 0 Å². The van der Waals surface area contributed by atoms with E-state index >= 15 is 0 Å². The first-order chi connectivity index (χ1) is 12.3. The quantitative estimate of drug-likeness (QED) is 0.430. The standard InChI is InChI=1S/C19H20N2O2S2/c22-11-12-24-19-20-17-16(14-9-5-2-6-10-15(14)25-17)18(23)21(19)13-7-3-1-4-8-13/h1,3-4,7-8,22H,2,5-6,9-12H2. The predicted molar refractivity (Wildman–Crippen MR) is 104 cm³/mol. The molecule has 0 bridgehead atoms. The fourth-order valence-electron chi connectivity index (χ4n) is 3.40. The van der Waals surface area contributed by atoms with Crippen molar-refractivity contribution in [3.8, 4) is 5.69 Å². The lowest BCUT2D eigenvalue weighted by atomic mass is 10.1. The van der Waals surface area contributed by atoms with Gasteiger partial charge in [-0.25, -0.2) is 4.98 Å². The highest BCUT2D eigenvalue weighted by molar-refractivity contribution is 7.99. The van der Waals surface area contributed by atoms with Crippen LogP contribution in [0.3, 0.4) is 0 Å². The van der Waals surface area contributed by atoms with Gasteiger partial charge < -0.3 is 5.11 Å². The van der Waals surface area contributed by atoms with Crippen LogP contribution in [-0.2, 0) is 12.8 Å². The monoisotopic (exact) mass is 372 g/mol. The van der Waals surface area contributed by atoms with Gasteiger partial charge in [-0.15, -0.1) is 11.3 Å². The van der Waals surface area contributed by atoms with E-state index in [9.17, 15) is 9.90 Å². The zero-order valence-corrected chi connectivity index (χ0v) is 15.5. The maximum absolute atomic E-state index is 13.4. The molecule has 25 heavy (non-hydrogen) atoms. The molecular weight excluding hydrogens is 352 g/mol. The zero-order valence-electron chi connectivity index (χ0n) is 13.9. The Morgan fingerprint density at radius 1 is 1.16 bits per heavy atom. The lowest BCUT2D eigenvalue weighted by Gasteiger charge is -2.12. The Hall–Kier alpha value is -1.63. The average Bonchev–Trinajstić information content (AvgIpc) is 2.82. The maximum Gasteiger partial charge on any atom is 0.267 e. The second kappa shape index (κ2) is 7.32. The Morgan fingerprint density at radius 2 is 1.96 bits per heavy atom. The van der Waals surface area contributed by atoms with Gasteiger partial charge in [0.15, 0.2) is 5.16 Å². The molecule has 3 aromatic rings. The minimum absolute atomic E-state index is 0.0241. The first-order valence-electron chi connectivity index (χ1n) is 8.66. The summed E-state index contributed by atoms with van der Waals surface area (Å²) in [7, 11) is 0. The summed E-state index contributed by atoms with van der Waals surface area (Å²) in [6.07, 6.45) is 5.60. The van der Waals surface area contributed by atoms with Crippen LogP contribution in [0.2, 0.25) is 0 Å². The number of rotatable bonds is 4. The number of para-hydroxylation sites is 1. The summed E-state index contributed by atoms with van der Waals surface area (Å²) in [5.41, 5.74) is 2.07. The molecule has 0 saturated carbocycles. The summed E-state index contributed by atoms with van der Waals surface area (Å²) >= 11 is 3.11. The molecule has 0 fully saturated rings. The minimum atomic E-state index is 0.0241. The number of benzene rings is 1. The molecule has 2 aromatic heterocycles. The molecule has 0 saturated heterocycles. The first kappa shape index (κ1) is 16.8. The Morgan fingerprint density at radius 3 is 2.76 bits per heavy atom. The van der Waals surface area contributed by atoms with E-state index in [1.54, 1.807) is 15.9 Å². The molecule has 0 atom stereocenters. The number of aryl methyl sites for hydroxylation is 2.